The Morgan fingerprint density at radius 2 is 1.56 bits per heavy atom. The van der Waals surface area contributed by atoms with Crippen LogP contribution in [0.2, 0.25) is 0 Å². The normalized spacial score (nSPS) is 15.4. The molecule has 4 unspecified atom stereocenters. The first-order chi connectivity index (χ1) is 25.3. The van der Waals surface area contributed by atoms with Gasteiger partial charge in [-0.15, -0.1) is 13.2 Å². The second-order valence-electron chi connectivity index (χ2n) is 13.3. The molecular formula is C43H47N3O6. The summed E-state index contributed by atoms with van der Waals surface area (Å²) in [7, 11) is 0. The number of anilines is 1. The van der Waals surface area contributed by atoms with Gasteiger partial charge in [-0.05, 0) is 71.7 Å². The number of hydrogen-bond acceptors (Lipinski definition) is 6. The summed E-state index contributed by atoms with van der Waals surface area (Å²) in [5.41, 5.74) is 3.57. The molecule has 9 nitrogen and oxygen atoms in total. The molecule has 4 aromatic rings. The van der Waals surface area contributed by atoms with E-state index in [1.165, 1.54) is 0 Å². The molecule has 0 saturated heterocycles. The van der Waals surface area contributed by atoms with Crippen LogP contribution in [0.25, 0.3) is 10.8 Å². The van der Waals surface area contributed by atoms with E-state index in [0.717, 1.165) is 27.5 Å². The second kappa shape index (κ2) is 18.6. The molecule has 1 aliphatic rings. The molecular weight excluding hydrogens is 654 g/mol. The molecule has 0 radical (unpaired) electrons. The fourth-order valence-corrected chi connectivity index (χ4v) is 6.63. The Hall–Kier alpha value is -5.54. The van der Waals surface area contributed by atoms with Crippen molar-refractivity contribution in [1.29, 1.82) is 0 Å². The summed E-state index contributed by atoms with van der Waals surface area (Å²) in [6, 6.07) is 29.0. The highest BCUT2D eigenvalue weighted by atomic mass is 16.5. The van der Waals surface area contributed by atoms with Crippen LogP contribution in [0.4, 0.5) is 5.69 Å². The molecule has 0 spiro atoms. The Morgan fingerprint density at radius 1 is 0.846 bits per heavy atom. The standard InChI is InChI=1S/C43H47N3O6/c1-3-5-16-35(23-30-14-7-6-8-15-30)43(51)52-29-39(42(50)44-37-22-21-31-17-9-10-18-32(31)24-37)45-41(49)34(13-4-2)26-40(48)46-27-36-20-12-11-19-33(36)25-38(46)28-47/h3-4,6-12,14-15,17-22,24,34-35,38-39,47H,1-2,5,13,16,23,25-29H2,(H,44,50)(H,45,49). The highest BCUT2D eigenvalue weighted by Crippen LogP contribution is 2.26. The van der Waals surface area contributed by atoms with Crippen molar-refractivity contribution in [2.75, 3.05) is 18.5 Å². The summed E-state index contributed by atoms with van der Waals surface area (Å²) in [6.07, 6.45) is 5.40. The zero-order valence-electron chi connectivity index (χ0n) is 29.4. The van der Waals surface area contributed by atoms with Gasteiger partial charge in [0.2, 0.25) is 11.8 Å². The zero-order valence-corrected chi connectivity index (χ0v) is 29.4. The number of carbonyl (C=O) groups is 4. The number of rotatable bonds is 17. The van der Waals surface area contributed by atoms with E-state index >= 15 is 0 Å². The molecule has 9 heteroatoms. The first-order valence-electron chi connectivity index (χ1n) is 17.8. The maximum atomic E-state index is 13.9. The molecule has 3 amide bonds. The van der Waals surface area contributed by atoms with E-state index in [2.05, 4.69) is 23.8 Å². The predicted molar refractivity (Wildman–Crippen MR) is 203 cm³/mol. The lowest BCUT2D eigenvalue weighted by Crippen LogP contribution is -2.51. The van der Waals surface area contributed by atoms with E-state index in [1.54, 1.807) is 23.1 Å². The van der Waals surface area contributed by atoms with Gasteiger partial charge in [0.05, 0.1) is 24.5 Å². The molecule has 4 aromatic carbocycles. The first kappa shape index (κ1) is 37.7. The van der Waals surface area contributed by atoms with Crippen LogP contribution >= 0.6 is 0 Å². The van der Waals surface area contributed by atoms with Gasteiger partial charge in [-0.25, -0.2) is 0 Å². The van der Waals surface area contributed by atoms with E-state index in [1.807, 2.05) is 91.0 Å². The van der Waals surface area contributed by atoms with E-state index in [-0.39, 0.29) is 25.4 Å². The molecule has 0 aromatic heterocycles. The largest absolute Gasteiger partial charge is 0.463 e. The van der Waals surface area contributed by atoms with Crippen LogP contribution in [0, 0.1) is 11.8 Å². The van der Waals surface area contributed by atoms with E-state index < -0.39 is 48.3 Å². The number of esters is 1. The molecule has 1 heterocycles. The van der Waals surface area contributed by atoms with Crippen molar-refractivity contribution in [3.05, 3.63) is 139 Å². The number of hydrogen-bond donors (Lipinski definition) is 3. The van der Waals surface area contributed by atoms with Gasteiger partial charge in [0.15, 0.2) is 0 Å². The van der Waals surface area contributed by atoms with Crippen molar-refractivity contribution in [2.45, 2.75) is 57.2 Å². The van der Waals surface area contributed by atoms with Crippen molar-refractivity contribution >= 4 is 40.2 Å². The third kappa shape index (κ3) is 10.0. The molecule has 0 fully saturated rings. The van der Waals surface area contributed by atoms with E-state index in [0.29, 0.717) is 37.9 Å². The minimum atomic E-state index is -1.26. The minimum absolute atomic E-state index is 0.157. The average molecular weight is 702 g/mol. The topological polar surface area (TPSA) is 125 Å². The monoisotopic (exact) mass is 701 g/mol. The third-order valence-corrected chi connectivity index (χ3v) is 9.55. The van der Waals surface area contributed by atoms with Gasteiger partial charge in [0.25, 0.3) is 5.91 Å². The Bertz CT molecular complexity index is 1880. The van der Waals surface area contributed by atoms with Gasteiger partial charge >= 0.3 is 5.97 Å². The fourth-order valence-electron chi connectivity index (χ4n) is 6.63. The lowest BCUT2D eigenvalue weighted by Gasteiger charge is -2.36. The van der Waals surface area contributed by atoms with Crippen molar-refractivity contribution in [2.24, 2.45) is 11.8 Å². The maximum Gasteiger partial charge on any atom is 0.309 e. The van der Waals surface area contributed by atoms with Crippen LogP contribution in [-0.2, 0) is 43.3 Å². The molecule has 0 bridgehead atoms. The van der Waals surface area contributed by atoms with Crippen LogP contribution in [0.5, 0.6) is 0 Å². The Kier molecular flexibility index (Phi) is 13.5. The quantitative estimate of drug-likeness (QED) is 0.0895. The second-order valence-corrected chi connectivity index (χ2v) is 13.3. The predicted octanol–water partition coefficient (Wildman–Crippen LogP) is 6.16. The minimum Gasteiger partial charge on any atom is -0.463 e. The number of nitrogens with zero attached hydrogens (tertiary/aromatic N) is 1. The molecule has 5 rings (SSSR count). The maximum absolute atomic E-state index is 13.9. The molecule has 0 aliphatic carbocycles. The number of carbonyl (C=O) groups excluding carboxylic acids is 4. The Morgan fingerprint density at radius 3 is 2.29 bits per heavy atom. The first-order valence-corrected chi connectivity index (χ1v) is 17.8. The van der Waals surface area contributed by atoms with Gasteiger partial charge in [-0.2, -0.15) is 0 Å². The van der Waals surface area contributed by atoms with Gasteiger partial charge in [-0.1, -0.05) is 97.1 Å². The third-order valence-electron chi connectivity index (χ3n) is 9.55. The molecule has 4 atom stereocenters. The zero-order chi connectivity index (χ0) is 36.9. The van der Waals surface area contributed by atoms with Crippen LogP contribution in [0.15, 0.2) is 122 Å². The van der Waals surface area contributed by atoms with Crippen LogP contribution in [-0.4, -0.2) is 59.0 Å². The van der Waals surface area contributed by atoms with Crippen molar-refractivity contribution in [1.82, 2.24) is 10.2 Å². The number of allylic oxidation sites excluding steroid dienone is 2. The van der Waals surface area contributed by atoms with Crippen molar-refractivity contribution < 1.29 is 29.0 Å². The number of benzene rings is 4. The van der Waals surface area contributed by atoms with Crippen LogP contribution in [0.1, 0.15) is 42.4 Å². The summed E-state index contributed by atoms with van der Waals surface area (Å²) in [6.45, 7) is 7.29. The van der Waals surface area contributed by atoms with Gasteiger partial charge < -0.3 is 25.4 Å². The van der Waals surface area contributed by atoms with Gasteiger partial charge in [0, 0.05) is 18.7 Å². The Balaban J connectivity index is 1.32. The van der Waals surface area contributed by atoms with Crippen LogP contribution < -0.4 is 10.6 Å². The summed E-state index contributed by atoms with van der Waals surface area (Å²) in [4.78, 5) is 56.5. The summed E-state index contributed by atoms with van der Waals surface area (Å²) in [5.74, 6) is -3.23. The average Bonchev–Trinajstić information content (AvgIpc) is 3.17. The summed E-state index contributed by atoms with van der Waals surface area (Å²) < 4.78 is 5.77. The number of fused-ring (bicyclic) bond motifs is 2. The smallest absolute Gasteiger partial charge is 0.309 e. The van der Waals surface area contributed by atoms with Crippen molar-refractivity contribution in [3.63, 3.8) is 0 Å². The summed E-state index contributed by atoms with van der Waals surface area (Å²) in [5, 5.41) is 17.7. The number of aliphatic hydroxyl groups excluding tert-OH is 1. The van der Waals surface area contributed by atoms with E-state index in [9.17, 15) is 24.3 Å². The van der Waals surface area contributed by atoms with Crippen LogP contribution in [0.3, 0.4) is 0 Å². The highest BCUT2D eigenvalue weighted by Gasteiger charge is 2.34. The highest BCUT2D eigenvalue weighted by molar-refractivity contribution is 6.00. The number of nitrogens with one attached hydrogen (secondary N) is 2. The molecule has 52 heavy (non-hydrogen) atoms. The van der Waals surface area contributed by atoms with Gasteiger partial charge in [0.1, 0.15) is 12.6 Å². The van der Waals surface area contributed by atoms with E-state index in [4.69, 9.17) is 4.74 Å². The Labute approximate surface area is 305 Å². The number of amides is 3. The number of ether oxygens (including phenoxy) is 1. The van der Waals surface area contributed by atoms with Gasteiger partial charge in [-0.3, -0.25) is 19.2 Å². The SMILES string of the molecule is C=CCCC(Cc1ccccc1)C(=O)OCC(NC(=O)C(CC=C)CC(=O)N1Cc2ccccc2CC1CO)C(=O)Nc1ccc2ccccc2c1. The van der Waals surface area contributed by atoms with Crippen molar-refractivity contribution in [3.8, 4) is 0 Å². The lowest BCUT2D eigenvalue weighted by molar-refractivity contribution is -0.151. The fraction of sp³-hybridized carbons (Fsp3) is 0.302. The summed E-state index contributed by atoms with van der Waals surface area (Å²) >= 11 is 0. The molecule has 270 valence electrons. The molecule has 3 N–H and O–H groups in total. The molecule has 1 aliphatic heterocycles. The molecule has 0 saturated carbocycles. The number of aliphatic hydroxyl groups is 1. The lowest BCUT2D eigenvalue weighted by atomic mass is 9.92.